The second-order valence-corrected chi connectivity index (χ2v) is 9.57. The summed E-state index contributed by atoms with van der Waals surface area (Å²) in [5.74, 6) is -0.538. The van der Waals surface area contributed by atoms with E-state index in [9.17, 15) is 18.0 Å². The summed E-state index contributed by atoms with van der Waals surface area (Å²) in [5, 5.41) is 5.46. The maximum absolute atomic E-state index is 12.8. The highest BCUT2D eigenvalue weighted by molar-refractivity contribution is 7.92. The van der Waals surface area contributed by atoms with Gasteiger partial charge >= 0.3 is 0 Å². The molecule has 1 aromatic heterocycles. The Morgan fingerprint density at radius 1 is 0.743 bits per heavy atom. The summed E-state index contributed by atoms with van der Waals surface area (Å²) in [7, 11) is -3.76. The number of carbonyl (C=O) groups is 2. The third-order valence-electron chi connectivity index (χ3n) is 5.18. The number of hydrogen-bond acceptors (Lipinski definition) is 5. The van der Waals surface area contributed by atoms with Crippen LogP contribution in [0.2, 0.25) is 0 Å². The fourth-order valence-electron chi connectivity index (χ4n) is 3.34. The first-order valence-corrected chi connectivity index (χ1v) is 12.2. The zero-order chi connectivity index (χ0) is 25.0. The zero-order valence-electron chi connectivity index (χ0n) is 19.0. The van der Waals surface area contributed by atoms with Gasteiger partial charge in [0.2, 0.25) is 0 Å². The van der Waals surface area contributed by atoms with E-state index in [-0.39, 0.29) is 22.5 Å². The summed E-state index contributed by atoms with van der Waals surface area (Å²) in [5.41, 5.74) is 3.27. The fraction of sp³-hybridized carbons (Fsp3) is 0.0769. The second kappa shape index (κ2) is 9.86. The van der Waals surface area contributed by atoms with E-state index in [4.69, 9.17) is 4.42 Å². The highest BCUT2D eigenvalue weighted by atomic mass is 32.2. The molecule has 0 saturated carbocycles. The largest absolute Gasteiger partial charge is 0.459 e. The number of sulfonamides is 1. The highest BCUT2D eigenvalue weighted by Crippen LogP contribution is 2.22. The molecule has 0 atom stereocenters. The van der Waals surface area contributed by atoms with Gasteiger partial charge in [0.1, 0.15) is 0 Å². The maximum Gasteiger partial charge on any atom is 0.291 e. The molecule has 0 aliphatic heterocycles. The van der Waals surface area contributed by atoms with Gasteiger partial charge in [0.15, 0.2) is 5.76 Å². The van der Waals surface area contributed by atoms with Crippen LogP contribution < -0.4 is 15.4 Å². The first-order chi connectivity index (χ1) is 16.7. The monoisotopic (exact) mass is 489 g/mol. The van der Waals surface area contributed by atoms with Crippen molar-refractivity contribution < 1.29 is 22.4 Å². The van der Waals surface area contributed by atoms with Crippen molar-refractivity contribution in [2.24, 2.45) is 0 Å². The Balaban J connectivity index is 1.38. The van der Waals surface area contributed by atoms with Gasteiger partial charge in [-0.25, -0.2) is 8.42 Å². The van der Waals surface area contributed by atoms with Crippen molar-refractivity contribution in [3.8, 4) is 0 Å². The lowest BCUT2D eigenvalue weighted by molar-refractivity contribution is 0.0994. The first-order valence-electron chi connectivity index (χ1n) is 10.7. The molecule has 9 heteroatoms. The lowest BCUT2D eigenvalue weighted by atomic mass is 10.2. The standard InChI is InChI=1S/C26H23N3O5S/c1-17-5-6-18(2)24(16-17)35(32,33)29-22-9-7-19(8-10-22)25(30)27-20-11-13-21(14-12-20)28-26(31)23-4-3-15-34-23/h3-16,29H,1-2H3,(H,27,30)(H,28,31). The number of amides is 2. The van der Waals surface area contributed by atoms with Gasteiger partial charge in [-0.05, 0) is 91.7 Å². The molecule has 0 bridgehead atoms. The third kappa shape index (κ3) is 5.77. The summed E-state index contributed by atoms with van der Waals surface area (Å²) in [6, 6.07) is 21.2. The van der Waals surface area contributed by atoms with E-state index in [2.05, 4.69) is 15.4 Å². The topological polar surface area (TPSA) is 118 Å². The number of benzene rings is 3. The third-order valence-corrected chi connectivity index (χ3v) is 6.70. The molecule has 3 N–H and O–H groups in total. The number of aryl methyl sites for hydroxylation is 2. The molecule has 4 aromatic rings. The van der Waals surface area contributed by atoms with Gasteiger partial charge in [-0.15, -0.1) is 0 Å². The molecule has 0 saturated heterocycles. The van der Waals surface area contributed by atoms with Crippen LogP contribution in [0.25, 0.3) is 0 Å². The summed E-state index contributed by atoms with van der Waals surface area (Å²) < 4.78 is 33.2. The van der Waals surface area contributed by atoms with Crippen molar-refractivity contribution in [3.05, 3.63) is 108 Å². The normalized spacial score (nSPS) is 11.0. The highest BCUT2D eigenvalue weighted by Gasteiger charge is 2.17. The van der Waals surface area contributed by atoms with Crippen molar-refractivity contribution in [2.75, 3.05) is 15.4 Å². The van der Waals surface area contributed by atoms with Crippen LogP contribution >= 0.6 is 0 Å². The molecule has 3 aromatic carbocycles. The fourth-order valence-corrected chi connectivity index (χ4v) is 4.73. The predicted molar refractivity (Wildman–Crippen MR) is 134 cm³/mol. The number of carbonyl (C=O) groups excluding carboxylic acids is 2. The van der Waals surface area contributed by atoms with Crippen LogP contribution in [0.3, 0.4) is 0 Å². The van der Waals surface area contributed by atoms with Crippen molar-refractivity contribution in [2.45, 2.75) is 18.7 Å². The van der Waals surface area contributed by atoms with Crippen LogP contribution in [0, 0.1) is 13.8 Å². The Bertz CT molecular complexity index is 1460. The lowest BCUT2D eigenvalue weighted by Gasteiger charge is -2.12. The van der Waals surface area contributed by atoms with Gasteiger partial charge in [-0.2, -0.15) is 0 Å². The van der Waals surface area contributed by atoms with Crippen molar-refractivity contribution in [1.29, 1.82) is 0 Å². The quantitative estimate of drug-likeness (QED) is 0.330. The zero-order valence-corrected chi connectivity index (χ0v) is 19.8. The van der Waals surface area contributed by atoms with Gasteiger partial charge in [0.25, 0.3) is 21.8 Å². The number of anilines is 3. The van der Waals surface area contributed by atoms with Crippen LogP contribution in [-0.2, 0) is 10.0 Å². The maximum atomic E-state index is 12.8. The lowest BCUT2D eigenvalue weighted by Crippen LogP contribution is -2.15. The molecule has 1 heterocycles. The Hall–Kier alpha value is -4.37. The molecule has 2 amide bonds. The van der Waals surface area contributed by atoms with Crippen LogP contribution in [-0.4, -0.2) is 20.2 Å². The van der Waals surface area contributed by atoms with E-state index in [1.54, 1.807) is 55.5 Å². The Kier molecular flexibility index (Phi) is 6.70. The number of furan rings is 1. The van der Waals surface area contributed by atoms with Crippen LogP contribution in [0.15, 0.2) is 94.4 Å². The molecule has 0 aliphatic carbocycles. The van der Waals surface area contributed by atoms with Crippen molar-refractivity contribution >= 4 is 38.9 Å². The molecular formula is C26H23N3O5S. The molecule has 35 heavy (non-hydrogen) atoms. The molecule has 0 spiro atoms. The van der Waals surface area contributed by atoms with Gasteiger partial charge < -0.3 is 15.1 Å². The van der Waals surface area contributed by atoms with Crippen molar-refractivity contribution in [1.82, 2.24) is 0 Å². The predicted octanol–water partition coefficient (Wildman–Crippen LogP) is 5.20. The smallest absolute Gasteiger partial charge is 0.291 e. The minimum Gasteiger partial charge on any atom is -0.459 e. The average molecular weight is 490 g/mol. The number of hydrogen-bond donors (Lipinski definition) is 3. The number of rotatable bonds is 7. The summed E-state index contributed by atoms with van der Waals surface area (Å²) in [6.07, 6.45) is 1.42. The van der Waals surface area contributed by atoms with E-state index < -0.39 is 10.0 Å². The van der Waals surface area contributed by atoms with E-state index in [1.165, 1.54) is 30.5 Å². The van der Waals surface area contributed by atoms with E-state index >= 15 is 0 Å². The Labute approximate surface area is 203 Å². The minimum absolute atomic E-state index is 0.196. The first kappa shape index (κ1) is 23.8. The van der Waals surface area contributed by atoms with Gasteiger partial charge in [-0.3, -0.25) is 14.3 Å². The summed E-state index contributed by atoms with van der Waals surface area (Å²) in [6.45, 7) is 3.57. The Morgan fingerprint density at radius 3 is 1.94 bits per heavy atom. The summed E-state index contributed by atoms with van der Waals surface area (Å²) >= 11 is 0. The Morgan fingerprint density at radius 2 is 1.34 bits per heavy atom. The van der Waals surface area contributed by atoms with Gasteiger partial charge in [0.05, 0.1) is 11.2 Å². The van der Waals surface area contributed by atoms with E-state index in [0.29, 0.717) is 28.2 Å². The van der Waals surface area contributed by atoms with Crippen LogP contribution in [0.1, 0.15) is 32.0 Å². The summed E-state index contributed by atoms with van der Waals surface area (Å²) in [4.78, 5) is 24.8. The SMILES string of the molecule is Cc1ccc(C)c(S(=O)(=O)Nc2ccc(C(=O)Nc3ccc(NC(=O)c4ccco4)cc3)cc2)c1. The molecule has 178 valence electrons. The molecular weight excluding hydrogens is 466 g/mol. The van der Waals surface area contributed by atoms with Crippen molar-refractivity contribution in [3.63, 3.8) is 0 Å². The molecule has 0 radical (unpaired) electrons. The molecule has 0 unspecified atom stereocenters. The van der Waals surface area contributed by atoms with Crippen LogP contribution in [0.4, 0.5) is 17.1 Å². The van der Waals surface area contributed by atoms with E-state index in [0.717, 1.165) is 5.56 Å². The molecule has 0 aliphatic rings. The van der Waals surface area contributed by atoms with Gasteiger partial charge in [-0.1, -0.05) is 12.1 Å². The van der Waals surface area contributed by atoms with Crippen LogP contribution in [0.5, 0.6) is 0 Å². The molecule has 0 fully saturated rings. The molecule has 8 nitrogen and oxygen atoms in total. The minimum atomic E-state index is -3.76. The molecule has 4 rings (SSSR count). The second-order valence-electron chi connectivity index (χ2n) is 7.91. The average Bonchev–Trinajstić information content (AvgIpc) is 3.37. The van der Waals surface area contributed by atoms with Gasteiger partial charge in [0, 0.05) is 22.6 Å². The van der Waals surface area contributed by atoms with E-state index in [1.807, 2.05) is 13.0 Å². The number of nitrogens with one attached hydrogen (secondary N) is 3.